The molecule has 0 fully saturated rings. The summed E-state index contributed by atoms with van der Waals surface area (Å²) in [6, 6.07) is 67.0. The number of aryl methyl sites for hydroxylation is 2. The van der Waals surface area contributed by atoms with E-state index in [2.05, 4.69) is 245 Å². The summed E-state index contributed by atoms with van der Waals surface area (Å²) < 4.78 is 0. The molecule has 0 spiro atoms. The summed E-state index contributed by atoms with van der Waals surface area (Å²) in [4.78, 5) is 4.75. The van der Waals surface area contributed by atoms with E-state index in [4.69, 9.17) is 0 Å². The SMILES string of the molecule is Cc1cccc(N(c2ccccc2)c2ccc3c(c2)C(C)(C)c2cc(C=Cc4ccc5c(c4)C(C)(C)c4cc(N(c6ccccc6)c6cccc(C)c6)ccc4-5)ccc2-3)c1. The molecule has 0 aromatic heterocycles. The van der Waals surface area contributed by atoms with E-state index in [-0.39, 0.29) is 10.8 Å². The highest BCUT2D eigenvalue weighted by Gasteiger charge is 2.37. The molecular formula is C58H50N2. The molecule has 0 unspecified atom stereocenters. The normalized spacial score (nSPS) is 14.0. The van der Waals surface area contributed by atoms with Crippen molar-refractivity contribution < 1.29 is 0 Å². The molecule has 0 N–H and O–H groups in total. The summed E-state index contributed by atoms with van der Waals surface area (Å²) >= 11 is 0. The lowest BCUT2D eigenvalue weighted by Crippen LogP contribution is -2.16. The Kier molecular flexibility index (Phi) is 8.99. The monoisotopic (exact) mass is 774 g/mol. The second-order valence-corrected chi connectivity index (χ2v) is 17.7. The Morgan fingerprint density at radius 3 is 1.03 bits per heavy atom. The topological polar surface area (TPSA) is 6.48 Å². The first kappa shape index (κ1) is 37.4. The van der Waals surface area contributed by atoms with Gasteiger partial charge < -0.3 is 9.80 Å². The average molecular weight is 775 g/mol. The van der Waals surface area contributed by atoms with Crippen LogP contribution in [-0.4, -0.2) is 0 Å². The number of hydrogen-bond acceptors (Lipinski definition) is 2. The maximum atomic E-state index is 2.41. The lowest BCUT2D eigenvalue weighted by Gasteiger charge is -2.28. The molecule has 0 aliphatic heterocycles. The molecule has 0 bridgehead atoms. The van der Waals surface area contributed by atoms with Crippen LogP contribution in [0.15, 0.2) is 182 Å². The van der Waals surface area contributed by atoms with Crippen LogP contribution in [0.2, 0.25) is 0 Å². The molecule has 0 amide bonds. The van der Waals surface area contributed by atoms with Crippen LogP contribution in [-0.2, 0) is 10.8 Å². The van der Waals surface area contributed by atoms with Crippen molar-refractivity contribution in [3.63, 3.8) is 0 Å². The molecule has 0 saturated carbocycles. The van der Waals surface area contributed by atoms with E-state index in [0.29, 0.717) is 0 Å². The Morgan fingerprint density at radius 2 is 0.650 bits per heavy atom. The minimum Gasteiger partial charge on any atom is -0.310 e. The standard InChI is InChI=1S/C58H50N2/c1-39-15-13-21-45(33-39)59(43-17-9-7-10-18-43)47-27-31-51-49-29-25-41(35-53(49)57(3,4)55(51)37-47)23-24-42-26-30-50-52-32-28-48(38-56(52)58(5,6)54(50)36-42)60(44-19-11-8-12-20-44)46-22-14-16-40(2)34-46/h7-38H,1-6H3. The van der Waals surface area contributed by atoms with Gasteiger partial charge in [0.2, 0.25) is 0 Å². The minimum absolute atomic E-state index is 0.156. The predicted molar refractivity (Wildman–Crippen MR) is 256 cm³/mol. The van der Waals surface area contributed by atoms with Crippen molar-refractivity contribution in [3.05, 3.63) is 226 Å². The number of anilines is 6. The second kappa shape index (κ2) is 14.4. The van der Waals surface area contributed by atoms with Gasteiger partial charge in [-0.1, -0.05) is 149 Å². The van der Waals surface area contributed by atoms with Crippen LogP contribution in [0, 0.1) is 13.8 Å². The second-order valence-electron chi connectivity index (χ2n) is 17.7. The van der Waals surface area contributed by atoms with Crippen molar-refractivity contribution >= 4 is 46.3 Å². The van der Waals surface area contributed by atoms with E-state index in [9.17, 15) is 0 Å². The highest BCUT2D eigenvalue weighted by Crippen LogP contribution is 2.53. The highest BCUT2D eigenvalue weighted by molar-refractivity contribution is 5.89. The third-order valence-electron chi connectivity index (χ3n) is 12.9. The van der Waals surface area contributed by atoms with Crippen LogP contribution in [0.1, 0.15) is 72.2 Å². The van der Waals surface area contributed by atoms with E-state index in [1.54, 1.807) is 0 Å². The quantitative estimate of drug-likeness (QED) is 0.142. The van der Waals surface area contributed by atoms with Crippen molar-refractivity contribution in [1.82, 2.24) is 0 Å². The Bertz CT molecular complexity index is 2750. The first-order valence-corrected chi connectivity index (χ1v) is 21.2. The number of hydrogen-bond donors (Lipinski definition) is 0. The van der Waals surface area contributed by atoms with Gasteiger partial charge in [-0.05, 0) is 153 Å². The van der Waals surface area contributed by atoms with Crippen LogP contribution in [0.25, 0.3) is 34.4 Å². The van der Waals surface area contributed by atoms with E-state index >= 15 is 0 Å². The molecule has 8 aromatic rings. The lowest BCUT2D eigenvalue weighted by atomic mass is 9.81. The molecule has 2 aliphatic rings. The highest BCUT2D eigenvalue weighted by atomic mass is 15.1. The van der Waals surface area contributed by atoms with Gasteiger partial charge in [-0.3, -0.25) is 0 Å². The third-order valence-corrected chi connectivity index (χ3v) is 12.9. The fourth-order valence-electron chi connectivity index (χ4n) is 9.75. The predicted octanol–water partition coefficient (Wildman–Crippen LogP) is 16.0. The summed E-state index contributed by atoms with van der Waals surface area (Å²) in [5.41, 5.74) is 22.3. The number of fused-ring (bicyclic) bond motifs is 6. The Hall–Kier alpha value is -6.90. The van der Waals surface area contributed by atoms with Crippen molar-refractivity contribution in [3.8, 4) is 22.3 Å². The van der Waals surface area contributed by atoms with E-state index in [1.807, 2.05) is 0 Å². The minimum atomic E-state index is -0.156. The number of benzene rings is 8. The van der Waals surface area contributed by atoms with E-state index < -0.39 is 0 Å². The largest absolute Gasteiger partial charge is 0.310 e. The van der Waals surface area contributed by atoms with Crippen molar-refractivity contribution in [2.24, 2.45) is 0 Å². The molecule has 60 heavy (non-hydrogen) atoms. The molecular weight excluding hydrogens is 725 g/mol. The summed E-state index contributed by atoms with van der Waals surface area (Å²) in [6.45, 7) is 13.8. The molecule has 2 aliphatic carbocycles. The van der Waals surface area contributed by atoms with E-state index in [1.165, 1.54) is 89.5 Å². The first-order chi connectivity index (χ1) is 29.1. The van der Waals surface area contributed by atoms with Gasteiger partial charge >= 0.3 is 0 Å². The van der Waals surface area contributed by atoms with Crippen LogP contribution < -0.4 is 9.80 Å². The summed E-state index contributed by atoms with van der Waals surface area (Å²) in [6.07, 6.45) is 4.57. The third kappa shape index (κ3) is 6.35. The van der Waals surface area contributed by atoms with Gasteiger partial charge in [-0.15, -0.1) is 0 Å². The number of nitrogens with zero attached hydrogens (tertiary/aromatic N) is 2. The van der Waals surface area contributed by atoms with Crippen LogP contribution in [0.4, 0.5) is 34.1 Å². The van der Waals surface area contributed by atoms with Crippen molar-refractivity contribution in [1.29, 1.82) is 0 Å². The molecule has 10 rings (SSSR count). The van der Waals surface area contributed by atoms with Gasteiger partial charge in [-0.25, -0.2) is 0 Å². The lowest BCUT2D eigenvalue weighted by molar-refractivity contribution is 0.660. The number of para-hydroxylation sites is 2. The molecule has 2 nitrogen and oxygen atoms in total. The summed E-state index contributed by atoms with van der Waals surface area (Å²) in [5.74, 6) is 0. The van der Waals surface area contributed by atoms with Crippen LogP contribution in [0.5, 0.6) is 0 Å². The maximum absolute atomic E-state index is 2.41. The van der Waals surface area contributed by atoms with Gasteiger partial charge in [0, 0.05) is 45.0 Å². The zero-order valence-electron chi connectivity index (χ0n) is 35.4. The summed E-state index contributed by atoms with van der Waals surface area (Å²) in [5, 5.41) is 0. The van der Waals surface area contributed by atoms with Gasteiger partial charge in [0.05, 0.1) is 0 Å². The average Bonchev–Trinajstić information content (AvgIpc) is 3.62. The maximum Gasteiger partial charge on any atom is 0.0465 e. The Labute approximate surface area is 355 Å². The number of rotatable bonds is 8. The van der Waals surface area contributed by atoms with Gasteiger partial charge in [0.1, 0.15) is 0 Å². The van der Waals surface area contributed by atoms with Crippen LogP contribution in [0.3, 0.4) is 0 Å². The zero-order chi connectivity index (χ0) is 41.2. The first-order valence-electron chi connectivity index (χ1n) is 21.2. The molecule has 0 saturated heterocycles. The van der Waals surface area contributed by atoms with Gasteiger partial charge in [-0.2, -0.15) is 0 Å². The Balaban J connectivity index is 0.944. The van der Waals surface area contributed by atoms with Crippen molar-refractivity contribution in [2.45, 2.75) is 52.4 Å². The fraction of sp³-hybridized carbons (Fsp3) is 0.138. The Morgan fingerprint density at radius 1 is 0.317 bits per heavy atom. The van der Waals surface area contributed by atoms with Crippen molar-refractivity contribution in [2.75, 3.05) is 9.80 Å². The molecule has 8 aromatic carbocycles. The molecule has 0 radical (unpaired) electrons. The van der Waals surface area contributed by atoms with E-state index in [0.717, 1.165) is 11.4 Å². The van der Waals surface area contributed by atoms with Gasteiger partial charge in [0.15, 0.2) is 0 Å². The molecule has 0 heterocycles. The smallest absolute Gasteiger partial charge is 0.0465 e. The van der Waals surface area contributed by atoms with Crippen LogP contribution >= 0.6 is 0 Å². The summed E-state index contributed by atoms with van der Waals surface area (Å²) in [7, 11) is 0. The zero-order valence-corrected chi connectivity index (χ0v) is 35.4. The molecule has 0 atom stereocenters. The fourth-order valence-corrected chi connectivity index (χ4v) is 9.75. The molecule has 2 heteroatoms. The van der Waals surface area contributed by atoms with Gasteiger partial charge in [0.25, 0.3) is 0 Å². The molecule has 292 valence electrons.